The Labute approximate surface area is 428 Å². The summed E-state index contributed by atoms with van der Waals surface area (Å²) in [7, 11) is 1.44. The number of rotatable bonds is 48. The van der Waals surface area contributed by atoms with Gasteiger partial charge in [-0.15, -0.1) is 0 Å². The normalized spacial score (nSPS) is 14.3. The summed E-state index contributed by atoms with van der Waals surface area (Å²) in [6.45, 7) is 4.16. The number of ether oxygens (including phenoxy) is 2. The lowest BCUT2D eigenvalue weighted by Gasteiger charge is -2.24. The van der Waals surface area contributed by atoms with E-state index in [9.17, 15) is 19.0 Å². The molecule has 9 nitrogen and oxygen atoms in total. The zero-order valence-corrected chi connectivity index (χ0v) is 45.8. The van der Waals surface area contributed by atoms with Crippen LogP contribution in [-0.4, -0.2) is 74.9 Å². The molecule has 398 valence electrons. The smallest absolute Gasteiger partial charge is 0.462 e. The Hall–Kier alpha value is -3.59. The number of carbonyl (C=O) groups is 2. The molecule has 0 spiro atoms. The Morgan fingerprint density at radius 2 is 0.771 bits per heavy atom. The van der Waals surface area contributed by atoms with E-state index in [1.807, 2.05) is 21.1 Å². The second kappa shape index (κ2) is 50.4. The van der Waals surface area contributed by atoms with Crippen LogP contribution in [0.3, 0.4) is 0 Å². The summed E-state index contributed by atoms with van der Waals surface area (Å²) >= 11 is 0. The standard InChI is InChI=1S/C60H100NO8P/c1-6-8-10-12-14-16-18-20-22-24-25-26-27-28-29-30-31-32-33-34-35-37-39-41-43-45-47-49-51-53-60(63)69-58(57-68-70(64,65)67-55-54-61(3,4)5)56-66-59(62)52-50-48-46-44-42-40-38-36-23-21-19-17-15-13-11-9-7-2/h8-11,14-17,20-23,25-26,28-29,31-32,34-35,58H,6-7,12-13,18-19,24,27,30,33,36-57H2,1-5H3/p+1/b10-8-,11-9-,16-14-,17-15-,22-20-,23-21-,26-25-,29-28-,32-31-,35-34-. The summed E-state index contributed by atoms with van der Waals surface area (Å²) in [6.07, 6.45) is 71.1. The van der Waals surface area contributed by atoms with Crippen LogP contribution in [0.5, 0.6) is 0 Å². The van der Waals surface area contributed by atoms with E-state index in [1.54, 1.807) is 0 Å². The molecular weight excluding hydrogens is 894 g/mol. The quantitative estimate of drug-likeness (QED) is 0.0211. The highest BCUT2D eigenvalue weighted by Crippen LogP contribution is 2.43. The van der Waals surface area contributed by atoms with E-state index in [4.69, 9.17) is 18.5 Å². The van der Waals surface area contributed by atoms with E-state index in [0.29, 0.717) is 17.4 Å². The molecular formula is C60H101NO8P+. The Morgan fingerprint density at radius 1 is 0.443 bits per heavy atom. The van der Waals surface area contributed by atoms with Crippen molar-refractivity contribution in [3.05, 3.63) is 122 Å². The van der Waals surface area contributed by atoms with Crippen LogP contribution in [0.2, 0.25) is 0 Å². The lowest BCUT2D eigenvalue weighted by atomic mass is 10.1. The molecule has 0 aliphatic carbocycles. The highest BCUT2D eigenvalue weighted by atomic mass is 31.2. The van der Waals surface area contributed by atoms with Gasteiger partial charge in [-0.2, -0.15) is 0 Å². The summed E-state index contributed by atoms with van der Waals surface area (Å²) in [5.74, 6) is -0.832. The van der Waals surface area contributed by atoms with Crippen LogP contribution in [0.4, 0.5) is 0 Å². The van der Waals surface area contributed by atoms with Crippen molar-refractivity contribution in [1.82, 2.24) is 0 Å². The third-order valence-corrected chi connectivity index (χ3v) is 12.0. The van der Waals surface area contributed by atoms with Crippen molar-refractivity contribution in [3.8, 4) is 0 Å². The van der Waals surface area contributed by atoms with E-state index >= 15 is 0 Å². The topological polar surface area (TPSA) is 108 Å². The van der Waals surface area contributed by atoms with E-state index in [2.05, 4.69) is 135 Å². The first kappa shape index (κ1) is 66.4. The van der Waals surface area contributed by atoms with Crippen LogP contribution >= 0.6 is 7.82 Å². The van der Waals surface area contributed by atoms with Crippen molar-refractivity contribution in [2.75, 3.05) is 47.5 Å². The number of allylic oxidation sites excluding steroid dienone is 20. The lowest BCUT2D eigenvalue weighted by Crippen LogP contribution is -2.37. The molecule has 0 aliphatic heterocycles. The maximum absolute atomic E-state index is 12.8. The lowest BCUT2D eigenvalue weighted by molar-refractivity contribution is -0.870. The SMILES string of the molecule is CC/C=C\C/C=C\C/C=C\C/C=C\C/C=C\C/C=C\C/C=C\CCCCCCCCCC(=O)OC(COC(=O)CCCCCCCCC/C=C\C/C=C\C/C=C\CC)COP(=O)(O)OCC[N+](C)(C)C. The fraction of sp³-hybridized carbons (Fsp3) is 0.633. The van der Waals surface area contributed by atoms with Gasteiger partial charge in [0.15, 0.2) is 6.10 Å². The van der Waals surface area contributed by atoms with Crippen LogP contribution in [0, 0.1) is 0 Å². The Kier molecular flexibility index (Phi) is 47.8. The minimum atomic E-state index is -4.40. The number of nitrogens with zero attached hydrogens (tertiary/aromatic N) is 1. The molecule has 0 aromatic heterocycles. The Bertz CT molecular complexity index is 1590. The first-order valence-corrected chi connectivity index (χ1v) is 28.8. The van der Waals surface area contributed by atoms with Crippen LogP contribution in [0.1, 0.15) is 194 Å². The van der Waals surface area contributed by atoms with Gasteiger partial charge in [0.2, 0.25) is 0 Å². The summed E-state index contributed by atoms with van der Waals surface area (Å²) in [5.41, 5.74) is 0. The fourth-order valence-corrected chi connectivity index (χ4v) is 7.57. The number of hydrogen-bond acceptors (Lipinski definition) is 7. The first-order chi connectivity index (χ1) is 34.0. The van der Waals surface area contributed by atoms with Crippen molar-refractivity contribution in [1.29, 1.82) is 0 Å². The van der Waals surface area contributed by atoms with Crippen LogP contribution < -0.4 is 0 Å². The third-order valence-electron chi connectivity index (χ3n) is 11.0. The minimum absolute atomic E-state index is 0.0205. The second-order valence-electron chi connectivity index (χ2n) is 18.8. The molecule has 70 heavy (non-hydrogen) atoms. The van der Waals surface area contributed by atoms with Crippen molar-refractivity contribution >= 4 is 19.8 Å². The predicted molar refractivity (Wildman–Crippen MR) is 297 cm³/mol. The van der Waals surface area contributed by atoms with Gasteiger partial charge in [0.05, 0.1) is 27.7 Å². The fourth-order valence-electron chi connectivity index (χ4n) is 6.83. The maximum Gasteiger partial charge on any atom is 0.472 e. The van der Waals surface area contributed by atoms with E-state index in [1.165, 1.54) is 38.5 Å². The largest absolute Gasteiger partial charge is 0.472 e. The summed E-state index contributed by atoms with van der Waals surface area (Å²) in [6, 6.07) is 0. The molecule has 0 heterocycles. The molecule has 0 aromatic rings. The molecule has 0 amide bonds. The third kappa shape index (κ3) is 53.8. The Morgan fingerprint density at radius 3 is 1.14 bits per heavy atom. The molecule has 0 aliphatic rings. The van der Waals surface area contributed by atoms with Gasteiger partial charge in [-0.05, 0) is 103 Å². The van der Waals surface area contributed by atoms with Gasteiger partial charge < -0.3 is 18.9 Å². The van der Waals surface area contributed by atoms with Gasteiger partial charge >= 0.3 is 19.8 Å². The van der Waals surface area contributed by atoms with Gasteiger partial charge in [-0.25, -0.2) is 4.57 Å². The number of phosphoric ester groups is 1. The number of likely N-dealkylation sites (N-methyl/N-ethyl adjacent to an activating group) is 1. The monoisotopic (exact) mass is 995 g/mol. The molecule has 2 unspecified atom stereocenters. The van der Waals surface area contributed by atoms with E-state index in [-0.39, 0.29) is 32.0 Å². The molecule has 0 saturated heterocycles. The van der Waals surface area contributed by atoms with Gasteiger partial charge in [-0.1, -0.05) is 200 Å². The van der Waals surface area contributed by atoms with Crippen LogP contribution in [0.15, 0.2) is 122 Å². The van der Waals surface area contributed by atoms with Gasteiger partial charge in [0.1, 0.15) is 19.8 Å². The maximum atomic E-state index is 12.8. The summed E-state index contributed by atoms with van der Waals surface area (Å²) in [4.78, 5) is 35.6. The second-order valence-corrected chi connectivity index (χ2v) is 20.3. The minimum Gasteiger partial charge on any atom is -0.462 e. The van der Waals surface area contributed by atoms with Gasteiger partial charge in [0.25, 0.3) is 0 Å². The van der Waals surface area contributed by atoms with Gasteiger partial charge in [-0.3, -0.25) is 18.6 Å². The van der Waals surface area contributed by atoms with Crippen LogP contribution in [0.25, 0.3) is 0 Å². The van der Waals surface area contributed by atoms with Crippen LogP contribution in [-0.2, 0) is 32.7 Å². The zero-order valence-electron chi connectivity index (χ0n) is 45.0. The van der Waals surface area contributed by atoms with E-state index in [0.717, 1.165) is 122 Å². The van der Waals surface area contributed by atoms with E-state index < -0.39 is 26.5 Å². The molecule has 0 bridgehead atoms. The number of carbonyl (C=O) groups excluding carboxylic acids is 2. The van der Waals surface area contributed by atoms with Crippen molar-refractivity contribution in [3.63, 3.8) is 0 Å². The molecule has 10 heteroatoms. The number of unbranched alkanes of at least 4 members (excludes halogenated alkanes) is 14. The average molecular weight is 995 g/mol. The first-order valence-electron chi connectivity index (χ1n) is 27.3. The molecule has 0 rings (SSSR count). The molecule has 0 radical (unpaired) electrons. The number of hydrogen-bond donors (Lipinski definition) is 1. The molecule has 0 saturated carbocycles. The van der Waals surface area contributed by atoms with Crippen molar-refractivity contribution in [2.24, 2.45) is 0 Å². The number of phosphoric acid groups is 1. The predicted octanol–water partition coefficient (Wildman–Crippen LogP) is 16.8. The molecule has 2 atom stereocenters. The zero-order chi connectivity index (χ0) is 51.3. The highest BCUT2D eigenvalue weighted by molar-refractivity contribution is 7.47. The molecule has 1 N–H and O–H groups in total. The average Bonchev–Trinajstić information content (AvgIpc) is 3.32. The summed E-state index contributed by atoms with van der Waals surface area (Å²) < 4.78 is 34.5. The molecule has 0 aromatic carbocycles. The highest BCUT2D eigenvalue weighted by Gasteiger charge is 2.27. The van der Waals surface area contributed by atoms with Gasteiger partial charge in [0, 0.05) is 12.8 Å². The number of esters is 2. The van der Waals surface area contributed by atoms with Crippen molar-refractivity contribution in [2.45, 2.75) is 200 Å². The van der Waals surface area contributed by atoms with Crippen molar-refractivity contribution < 1.29 is 42.1 Å². The summed E-state index contributed by atoms with van der Waals surface area (Å²) in [5, 5.41) is 0. The number of quaternary nitrogens is 1. The molecule has 0 fully saturated rings. The Balaban J connectivity index is 4.27.